The number of quaternary nitrogens is 1. The van der Waals surface area contributed by atoms with E-state index in [1.165, 1.54) is 12.5 Å². The fourth-order valence-corrected chi connectivity index (χ4v) is 3.40. The maximum Gasteiger partial charge on any atom is 0.282 e. The van der Waals surface area contributed by atoms with Gasteiger partial charge in [-0.3, -0.25) is 19.4 Å². The van der Waals surface area contributed by atoms with E-state index in [-0.39, 0.29) is 11.6 Å². The smallest absolute Gasteiger partial charge is 0.282 e. The van der Waals surface area contributed by atoms with E-state index in [1.807, 2.05) is 6.07 Å². The number of amides is 1. The molecule has 0 atom stereocenters. The van der Waals surface area contributed by atoms with E-state index in [2.05, 4.69) is 0 Å². The third kappa shape index (κ3) is 1.87. The molecule has 0 radical (unpaired) electrons. The van der Waals surface area contributed by atoms with Gasteiger partial charge in [-0.15, -0.1) is 0 Å². The molecule has 6 nitrogen and oxygen atoms in total. The number of fused-ring (bicyclic) bond motifs is 2. The van der Waals surface area contributed by atoms with E-state index in [0.717, 1.165) is 31.6 Å². The zero-order chi connectivity index (χ0) is 14.3. The minimum atomic E-state index is -0.409. The molecule has 20 heavy (non-hydrogen) atoms. The van der Waals surface area contributed by atoms with Gasteiger partial charge in [0.05, 0.1) is 18.0 Å². The monoisotopic (exact) mass is 276 g/mol. The number of rotatable bonds is 1. The molecule has 1 fully saturated rings. The molecule has 0 saturated carbocycles. The summed E-state index contributed by atoms with van der Waals surface area (Å²) >= 11 is 0. The number of carbonyl (C=O) groups is 1. The minimum absolute atomic E-state index is 0.0416. The molecule has 1 aromatic carbocycles. The Balaban J connectivity index is 2.14. The van der Waals surface area contributed by atoms with Gasteiger partial charge in [-0.25, -0.2) is 0 Å². The van der Waals surface area contributed by atoms with Gasteiger partial charge in [0.25, 0.3) is 11.6 Å². The van der Waals surface area contributed by atoms with Gasteiger partial charge >= 0.3 is 0 Å². The number of carbonyl (C=O) groups excluding carboxylic acids is 1. The van der Waals surface area contributed by atoms with Crippen molar-refractivity contribution in [3.63, 3.8) is 0 Å². The minimum Gasteiger partial charge on any atom is -0.305 e. The second-order valence-electron chi connectivity index (χ2n) is 5.69. The molecule has 0 aromatic heterocycles. The highest BCUT2D eigenvalue weighted by Crippen LogP contribution is 2.41. The van der Waals surface area contributed by atoms with Gasteiger partial charge in [-0.05, 0) is 19.3 Å². The second kappa shape index (κ2) is 4.56. The Labute approximate surface area is 117 Å². The third-order valence-corrected chi connectivity index (χ3v) is 4.53. The molecule has 2 heterocycles. The first-order chi connectivity index (χ1) is 9.53. The van der Waals surface area contributed by atoms with Crippen molar-refractivity contribution in [3.8, 4) is 0 Å². The molecular weight excluding hydrogens is 258 g/mol. The maximum absolute atomic E-state index is 12.3. The van der Waals surface area contributed by atoms with Crippen LogP contribution in [0, 0.1) is 10.1 Å². The van der Waals surface area contributed by atoms with E-state index in [1.54, 1.807) is 18.0 Å². The van der Waals surface area contributed by atoms with Crippen molar-refractivity contribution in [2.45, 2.75) is 19.3 Å². The number of likely N-dealkylation sites (N-methyl/N-ethyl adjacent to an activating group) is 1. The number of nitro groups is 1. The van der Waals surface area contributed by atoms with Gasteiger partial charge in [0, 0.05) is 25.2 Å². The van der Waals surface area contributed by atoms with Crippen LogP contribution in [0.3, 0.4) is 0 Å². The topological polar surface area (TPSA) is 63.5 Å². The highest BCUT2D eigenvalue weighted by Gasteiger charge is 2.43. The van der Waals surface area contributed by atoms with Crippen LogP contribution in [0.15, 0.2) is 18.2 Å². The first-order valence-electron chi connectivity index (χ1n) is 6.95. The standard InChI is InChI=1S/C14H18N3O3/c1-15-12-9-11(16(19)20)5-6-13(12)17(10-14(15)18)7-3-2-4-8-17/h5-6,9H,2-4,7-8,10H2,1H3/q+1. The van der Waals surface area contributed by atoms with Crippen LogP contribution in [0.25, 0.3) is 0 Å². The Morgan fingerprint density at radius 3 is 2.60 bits per heavy atom. The number of anilines is 1. The zero-order valence-corrected chi connectivity index (χ0v) is 11.5. The van der Waals surface area contributed by atoms with Crippen molar-refractivity contribution in [2.75, 3.05) is 31.6 Å². The SMILES string of the molecule is CN1C(=O)C[N+]2(CCCCC2)c2ccc([N+](=O)[O-])cc21. The fourth-order valence-electron chi connectivity index (χ4n) is 3.40. The molecule has 1 amide bonds. The summed E-state index contributed by atoms with van der Waals surface area (Å²) in [7, 11) is 1.70. The number of benzene rings is 1. The van der Waals surface area contributed by atoms with Gasteiger partial charge < -0.3 is 4.90 Å². The predicted molar refractivity (Wildman–Crippen MR) is 76.8 cm³/mol. The van der Waals surface area contributed by atoms with Crippen molar-refractivity contribution in [1.82, 2.24) is 4.48 Å². The average Bonchev–Trinajstić information content (AvgIpc) is 2.45. The van der Waals surface area contributed by atoms with Crippen LogP contribution in [0.4, 0.5) is 17.1 Å². The molecule has 106 valence electrons. The Bertz CT molecular complexity index is 579. The molecule has 0 unspecified atom stereocenters. The lowest BCUT2D eigenvalue weighted by Crippen LogP contribution is -2.60. The molecule has 2 aliphatic heterocycles. The quantitative estimate of drug-likeness (QED) is 0.448. The highest BCUT2D eigenvalue weighted by molar-refractivity contribution is 6.02. The van der Waals surface area contributed by atoms with Crippen molar-refractivity contribution >= 4 is 23.0 Å². The van der Waals surface area contributed by atoms with E-state index < -0.39 is 4.92 Å². The lowest BCUT2D eigenvalue weighted by atomic mass is 10.0. The number of nitro benzene ring substituents is 1. The van der Waals surface area contributed by atoms with Crippen molar-refractivity contribution in [2.24, 2.45) is 0 Å². The molecular formula is C14H18N3O3+. The molecule has 1 saturated heterocycles. The van der Waals surface area contributed by atoms with Crippen LogP contribution in [0.5, 0.6) is 0 Å². The van der Waals surface area contributed by atoms with E-state index in [4.69, 9.17) is 0 Å². The number of hydrogen-bond acceptors (Lipinski definition) is 3. The average molecular weight is 276 g/mol. The highest BCUT2D eigenvalue weighted by atomic mass is 16.6. The number of non-ortho nitro benzene ring substituents is 1. The third-order valence-electron chi connectivity index (χ3n) is 4.53. The molecule has 1 aromatic rings. The summed E-state index contributed by atoms with van der Waals surface area (Å²) in [6.07, 6.45) is 3.41. The molecule has 0 aliphatic carbocycles. The number of nitrogens with zero attached hydrogens (tertiary/aromatic N) is 3. The summed E-state index contributed by atoms with van der Waals surface area (Å²) in [6.45, 7) is 2.37. The van der Waals surface area contributed by atoms with Crippen LogP contribution >= 0.6 is 0 Å². The van der Waals surface area contributed by atoms with Crippen molar-refractivity contribution in [1.29, 1.82) is 0 Å². The first kappa shape index (κ1) is 13.1. The maximum atomic E-state index is 12.3. The summed E-state index contributed by atoms with van der Waals surface area (Å²) in [5.41, 5.74) is 1.79. The Hall–Kier alpha value is -1.95. The van der Waals surface area contributed by atoms with Gasteiger partial charge in [0.2, 0.25) is 0 Å². The van der Waals surface area contributed by atoms with Crippen LogP contribution in [-0.4, -0.2) is 37.5 Å². The van der Waals surface area contributed by atoms with Gasteiger partial charge in [-0.1, -0.05) is 0 Å². The van der Waals surface area contributed by atoms with E-state index in [9.17, 15) is 14.9 Å². The molecule has 0 bridgehead atoms. The molecule has 6 heteroatoms. The van der Waals surface area contributed by atoms with E-state index >= 15 is 0 Å². The molecule has 0 N–H and O–H groups in total. The summed E-state index contributed by atoms with van der Waals surface area (Å²) in [5, 5.41) is 10.9. The molecule has 1 spiro atoms. The first-order valence-corrected chi connectivity index (χ1v) is 6.95. The second-order valence-corrected chi connectivity index (χ2v) is 5.69. The Kier molecular flexibility index (Phi) is 2.97. The van der Waals surface area contributed by atoms with Crippen LogP contribution < -0.4 is 9.38 Å². The van der Waals surface area contributed by atoms with Crippen LogP contribution in [0.2, 0.25) is 0 Å². The largest absolute Gasteiger partial charge is 0.305 e. The predicted octanol–water partition coefficient (Wildman–Crippen LogP) is 2.06. The Morgan fingerprint density at radius 1 is 1.25 bits per heavy atom. The molecule has 3 rings (SSSR count). The zero-order valence-electron chi connectivity index (χ0n) is 11.5. The van der Waals surface area contributed by atoms with Crippen molar-refractivity contribution in [3.05, 3.63) is 28.3 Å². The van der Waals surface area contributed by atoms with Gasteiger partial charge in [-0.2, -0.15) is 0 Å². The van der Waals surface area contributed by atoms with Crippen LogP contribution in [0.1, 0.15) is 19.3 Å². The lowest BCUT2D eigenvalue weighted by molar-refractivity contribution is -0.384. The summed E-state index contributed by atoms with van der Waals surface area (Å²) in [4.78, 5) is 24.3. The van der Waals surface area contributed by atoms with Crippen molar-refractivity contribution < 1.29 is 9.72 Å². The fraction of sp³-hybridized carbons (Fsp3) is 0.500. The Morgan fingerprint density at radius 2 is 1.95 bits per heavy atom. The summed E-state index contributed by atoms with van der Waals surface area (Å²) in [6, 6.07) is 4.92. The van der Waals surface area contributed by atoms with Gasteiger partial charge in [0.1, 0.15) is 5.69 Å². The van der Waals surface area contributed by atoms with E-state index in [0.29, 0.717) is 16.7 Å². The summed E-state index contributed by atoms with van der Waals surface area (Å²) < 4.78 is 0.663. The lowest BCUT2D eigenvalue weighted by Gasteiger charge is -2.45. The normalized spacial score (nSPS) is 20.9. The molecule has 2 aliphatic rings. The number of piperidine rings is 1. The summed E-state index contributed by atoms with van der Waals surface area (Å²) in [5.74, 6) is 0.0416. The van der Waals surface area contributed by atoms with Gasteiger partial charge in [0.15, 0.2) is 12.2 Å². The number of hydrogen-bond donors (Lipinski definition) is 0. The van der Waals surface area contributed by atoms with Crippen LogP contribution in [-0.2, 0) is 4.79 Å².